The number of carbonyl (C=O) groups excluding carboxylic acids is 2. The van der Waals surface area contributed by atoms with Gasteiger partial charge in [-0.05, 0) is 31.5 Å². The number of carbonyl (C=O) groups is 2. The second-order valence-corrected chi connectivity index (χ2v) is 4.74. The number of ether oxygens (including phenoxy) is 2. The molecule has 0 aromatic heterocycles. The quantitative estimate of drug-likeness (QED) is 0.746. The lowest BCUT2D eigenvalue weighted by atomic mass is 10.1. The Morgan fingerprint density at radius 1 is 1.25 bits per heavy atom. The summed E-state index contributed by atoms with van der Waals surface area (Å²) in [4.78, 5) is 25.4. The van der Waals surface area contributed by atoms with E-state index < -0.39 is 5.97 Å². The number of nitrogens with zero attached hydrogens (tertiary/aromatic N) is 1. The first-order chi connectivity index (χ1) is 9.49. The molecule has 0 saturated heterocycles. The van der Waals surface area contributed by atoms with E-state index in [0.717, 1.165) is 5.56 Å². The van der Waals surface area contributed by atoms with E-state index in [4.69, 9.17) is 4.74 Å². The lowest BCUT2D eigenvalue weighted by molar-refractivity contribution is -0.141. The average Bonchev–Trinajstić information content (AvgIpc) is 2.44. The molecule has 20 heavy (non-hydrogen) atoms. The van der Waals surface area contributed by atoms with Crippen LogP contribution in [0.4, 0.5) is 0 Å². The van der Waals surface area contributed by atoms with Crippen LogP contribution in [0.5, 0.6) is 0 Å². The molecular weight excluding hydrogens is 258 g/mol. The maximum Gasteiger partial charge on any atom is 0.325 e. The smallest absolute Gasteiger partial charge is 0.325 e. The van der Waals surface area contributed by atoms with Crippen LogP contribution >= 0.6 is 0 Å². The predicted molar refractivity (Wildman–Crippen MR) is 75.3 cm³/mol. The molecule has 5 heteroatoms. The molecule has 0 spiro atoms. The van der Waals surface area contributed by atoms with Crippen LogP contribution in [0.3, 0.4) is 0 Å². The first-order valence-corrected chi connectivity index (χ1v) is 6.45. The number of esters is 1. The average molecular weight is 279 g/mol. The van der Waals surface area contributed by atoms with E-state index in [9.17, 15) is 9.59 Å². The number of hydrogen-bond acceptors (Lipinski definition) is 4. The second kappa shape index (κ2) is 7.65. The van der Waals surface area contributed by atoms with Gasteiger partial charge >= 0.3 is 5.97 Å². The fourth-order valence-electron chi connectivity index (χ4n) is 1.82. The highest BCUT2D eigenvalue weighted by atomic mass is 16.5. The van der Waals surface area contributed by atoms with Crippen molar-refractivity contribution in [1.82, 2.24) is 4.90 Å². The molecule has 0 N–H and O–H groups in total. The van der Waals surface area contributed by atoms with Crippen molar-refractivity contribution in [3.8, 4) is 0 Å². The predicted octanol–water partition coefficient (Wildman–Crippen LogP) is 1.86. The SMILES string of the molecule is COCc1cccc(C(=O)N(CC(=O)OC)C(C)C)c1. The Balaban J connectivity index is 2.94. The van der Waals surface area contributed by atoms with E-state index in [0.29, 0.717) is 12.2 Å². The van der Waals surface area contributed by atoms with Crippen LogP contribution in [0, 0.1) is 0 Å². The molecule has 0 aliphatic heterocycles. The molecule has 5 nitrogen and oxygen atoms in total. The second-order valence-electron chi connectivity index (χ2n) is 4.74. The van der Waals surface area contributed by atoms with Gasteiger partial charge in [-0.2, -0.15) is 0 Å². The Morgan fingerprint density at radius 3 is 2.50 bits per heavy atom. The lowest BCUT2D eigenvalue weighted by Gasteiger charge is -2.25. The van der Waals surface area contributed by atoms with E-state index in [1.807, 2.05) is 19.9 Å². The van der Waals surface area contributed by atoms with Gasteiger partial charge in [-0.3, -0.25) is 9.59 Å². The van der Waals surface area contributed by atoms with E-state index in [1.165, 1.54) is 12.0 Å². The third kappa shape index (κ3) is 4.35. The van der Waals surface area contributed by atoms with E-state index in [2.05, 4.69) is 4.74 Å². The standard InChI is InChI=1S/C15H21NO4/c1-11(2)16(9-14(17)20-4)15(18)13-7-5-6-12(8-13)10-19-3/h5-8,11H,9-10H2,1-4H3. The summed E-state index contributed by atoms with van der Waals surface area (Å²) < 4.78 is 9.68. The molecule has 1 aromatic rings. The molecule has 0 aliphatic rings. The molecule has 0 fully saturated rings. The topological polar surface area (TPSA) is 55.8 Å². The van der Waals surface area contributed by atoms with Crippen LogP contribution in [-0.4, -0.2) is 43.6 Å². The third-order valence-electron chi connectivity index (χ3n) is 2.90. The molecule has 1 amide bonds. The van der Waals surface area contributed by atoms with Crippen LogP contribution in [0.2, 0.25) is 0 Å². The first-order valence-electron chi connectivity index (χ1n) is 6.45. The van der Waals surface area contributed by atoms with Crippen molar-refractivity contribution in [2.45, 2.75) is 26.5 Å². The van der Waals surface area contributed by atoms with Gasteiger partial charge in [0.25, 0.3) is 5.91 Å². The minimum atomic E-state index is -0.430. The highest BCUT2D eigenvalue weighted by Gasteiger charge is 2.22. The van der Waals surface area contributed by atoms with Gasteiger partial charge in [0.05, 0.1) is 13.7 Å². The molecule has 1 aromatic carbocycles. The van der Waals surface area contributed by atoms with Crippen LogP contribution in [0.1, 0.15) is 29.8 Å². The number of methoxy groups -OCH3 is 2. The van der Waals surface area contributed by atoms with Gasteiger partial charge in [0.15, 0.2) is 0 Å². The van der Waals surface area contributed by atoms with Gasteiger partial charge in [-0.15, -0.1) is 0 Å². The van der Waals surface area contributed by atoms with Crippen molar-refractivity contribution in [3.05, 3.63) is 35.4 Å². The van der Waals surface area contributed by atoms with Crippen LogP contribution in [0.25, 0.3) is 0 Å². The fourth-order valence-corrected chi connectivity index (χ4v) is 1.82. The molecule has 0 atom stereocenters. The molecule has 0 aliphatic carbocycles. The maximum atomic E-state index is 12.5. The molecule has 0 heterocycles. The lowest BCUT2D eigenvalue weighted by Crippen LogP contribution is -2.41. The van der Waals surface area contributed by atoms with Crippen molar-refractivity contribution in [2.75, 3.05) is 20.8 Å². The van der Waals surface area contributed by atoms with Crippen LogP contribution in [-0.2, 0) is 20.9 Å². The summed E-state index contributed by atoms with van der Waals surface area (Å²) in [6, 6.07) is 7.11. The Kier molecular flexibility index (Phi) is 6.18. The van der Waals surface area contributed by atoms with Crippen molar-refractivity contribution >= 4 is 11.9 Å². The summed E-state index contributed by atoms with van der Waals surface area (Å²) in [5.41, 5.74) is 1.46. The van der Waals surface area contributed by atoms with Crippen molar-refractivity contribution in [3.63, 3.8) is 0 Å². The first kappa shape index (κ1) is 16.2. The molecule has 0 saturated carbocycles. The monoisotopic (exact) mass is 279 g/mol. The van der Waals surface area contributed by atoms with Crippen LogP contribution in [0.15, 0.2) is 24.3 Å². The van der Waals surface area contributed by atoms with Gasteiger partial charge in [0, 0.05) is 18.7 Å². The Bertz CT molecular complexity index is 471. The zero-order valence-corrected chi connectivity index (χ0v) is 12.4. The fraction of sp³-hybridized carbons (Fsp3) is 0.467. The molecular formula is C15H21NO4. The summed E-state index contributed by atoms with van der Waals surface area (Å²) in [5.74, 6) is -0.622. The Morgan fingerprint density at radius 2 is 1.95 bits per heavy atom. The summed E-state index contributed by atoms with van der Waals surface area (Å²) in [6.07, 6.45) is 0. The highest BCUT2D eigenvalue weighted by molar-refractivity contribution is 5.96. The minimum absolute atomic E-state index is 0.0541. The summed E-state index contributed by atoms with van der Waals surface area (Å²) in [5, 5.41) is 0. The third-order valence-corrected chi connectivity index (χ3v) is 2.90. The van der Waals surface area contributed by atoms with E-state index >= 15 is 0 Å². The van der Waals surface area contributed by atoms with Crippen LogP contribution < -0.4 is 0 Å². The zero-order valence-electron chi connectivity index (χ0n) is 12.4. The molecule has 0 unspecified atom stereocenters. The molecule has 0 bridgehead atoms. The normalized spacial score (nSPS) is 10.4. The van der Waals surface area contributed by atoms with Gasteiger partial charge in [-0.1, -0.05) is 12.1 Å². The number of benzene rings is 1. The van der Waals surface area contributed by atoms with E-state index in [-0.39, 0.29) is 18.5 Å². The number of amides is 1. The molecule has 0 radical (unpaired) electrons. The number of rotatable bonds is 6. The largest absolute Gasteiger partial charge is 0.468 e. The molecule has 110 valence electrons. The van der Waals surface area contributed by atoms with Crippen molar-refractivity contribution in [2.24, 2.45) is 0 Å². The highest BCUT2D eigenvalue weighted by Crippen LogP contribution is 2.12. The van der Waals surface area contributed by atoms with Gasteiger partial charge in [-0.25, -0.2) is 0 Å². The zero-order chi connectivity index (χ0) is 15.1. The van der Waals surface area contributed by atoms with Gasteiger partial charge in [0.1, 0.15) is 6.54 Å². The maximum absolute atomic E-state index is 12.5. The minimum Gasteiger partial charge on any atom is -0.468 e. The Hall–Kier alpha value is -1.88. The van der Waals surface area contributed by atoms with Gasteiger partial charge < -0.3 is 14.4 Å². The van der Waals surface area contributed by atoms with Crippen molar-refractivity contribution in [1.29, 1.82) is 0 Å². The van der Waals surface area contributed by atoms with Crippen molar-refractivity contribution < 1.29 is 19.1 Å². The number of hydrogen-bond donors (Lipinski definition) is 0. The van der Waals surface area contributed by atoms with E-state index in [1.54, 1.807) is 25.3 Å². The summed E-state index contributed by atoms with van der Waals surface area (Å²) >= 11 is 0. The Labute approximate surface area is 119 Å². The molecule has 1 rings (SSSR count). The summed E-state index contributed by atoms with van der Waals surface area (Å²) in [6.45, 7) is 4.11. The van der Waals surface area contributed by atoms with Gasteiger partial charge in [0.2, 0.25) is 0 Å². The summed E-state index contributed by atoms with van der Waals surface area (Å²) in [7, 11) is 2.91.